The first-order valence-electron chi connectivity index (χ1n) is 3.98. The van der Waals surface area contributed by atoms with E-state index in [-0.39, 0.29) is 17.5 Å². The molecule has 2 heteroatoms. The van der Waals surface area contributed by atoms with Crippen molar-refractivity contribution in [2.24, 2.45) is 5.41 Å². The molecule has 60 valence electrons. The Morgan fingerprint density at radius 2 is 2.45 bits per heavy atom. The van der Waals surface area contributed by atoms with E-state index < -0.39 is 0 Å². The average molecular weight is 152 g/mol. The standard InChI is InChI=1S/C9H12O2/c1-6-3-7-4-9(6,2)5-8(10)11-7/h7H,1,3-5H2,2H3/t7-,9+/m0/s1. The fraction of sp³-hybridized carbons (Fsp3) is 0.667. The molecule has 0 spiro atoms. The summed E-state index contributed by atoms with van der Waals surface area (Å²) < 4.78 is 5.11. The SMILES string of the molecule is C=C1C[C@H]2C[C@]1(C)CC(=O)O2. The minimum atomic E-state index is -0.0533. The fourth-order valence-corrected chi connectivity index (χ4v) is 2.07. The lowest BCUT2D eigenvalue weighted by Gasteiger charge is -2.28. The molecule has 0 unspecified atom stereocenters. The highest BCUT2D eigenvalue weighted by atomic mass is 16.5. The first-order valence-corrected chi connectivity index (χ1v) is 3.98. The van der Waals surface area contributed by atoms with Gasteiger partial charge in [0, 0.05) is 11.8 Å². The van der Waals surface area contributed by atoms with Crippen molar-refractivity contribution in [3.05, 3.63) is 12.2 Å². The second kappa shape index (κ2) is 1.87. The molecular formula is C9H12O2. The van der Waals surface area contributed by atoms with Crippen LogP contribution in [0.4, 0.5) is 0 Å². The van der Waals surface area contributed by atoms with Gasteiger partial charge in [-0.15, -0.1) is 0 Å². The number of fused-ring (bicyclic) bond motifs is 2. The van der Waals surface area contributed by atoms with Gasteiger partial charge in [-0.1, -0.05) is 19.1 Å². The van der Waals surface area contributed by atoms with Crippen molar-refractivity contribution in [3.63, 3.8) is 0 Å². The van der Waals surface area contributed by atoms with Crippen molar-refractivity contribution >= 4 is 5.97 Å². The van der Waals surface area contributed by atoms with Gasteiger partial charge in [-0.05, 0) is 6.42 Å². The van der Waals surface area contributed by atoms with E-state index in [2.05, 4.69) is 13.5 Å². The van der Waals surface area contributed by atoms with Gasteiger partial charge in [-0.3, -0.25) is 4.79 Å². The minimum absolute atomic E-state index is 0.0533. The molecule has 0 aromatic rings. The number of hydrogen-bond acceptors (Lipinski definition) is 2. The van der Waals surface area contributed by atoms with Gasteiger partial charge in [0.2, 0.25) is 0 Å². The molecule has 2 bridgehead atoms. The molecule has 2 aliphatic rings. The van der Waals surface area contributed by atoms with Crippen LogP contribution in [-0.2, 0) is 9.53 Å². The summed E-state index contributed by atoms with van der Waals surface area (Å²) >= 11 is 0. The molecule has 2 fully saturated rings. The maximum atomic E-state index is 11.0. The number of carbonyl (C=O) groups is 1. The Bertz CT molecular complexity index is 232. The third-order valence-corrected chi connectivity index (χ3v) is 2.84. The molecule has 0 N–H and O–H groups in total. The second-order valence-corrected chi connectivity index (χ2v) is 3.86. The van der Waals surface area contributed by atoms with Crippen LogP contribution in [0.1, 0.15) is 26.2 Å². The van der Waals surface area contributed by atoms with E-state index in [0.29, 0.717) is 6.42 Å². The quantitative estimate of drug-likeness (QED) is 0.390. The van der Waals surface area contributed by atoms with Crippen molar-refractivity contribution in [2.45, 2.75) is 32.3 Å². The summed E-state index contributed by atoms with van der Waals surface area (Å²) in [5.74, 6) is -0.0533. The molecule has 0 aromatic heterocycles. The third kappa shape index (κ3) is 0.889. The monoisotopic (exact) mass is 152 g/mol. The lowest BCUT2D eigenvalue weighted by Crippen LogP contribution is -2.28. The molecule has 0 aromatic carbocycles. The zero-order valence-corrected chi connectivity index (χ0v) is 6.72. The highest BCUT2D eigenvalue weighted by Crippen LogP contribution is 2.48. The van der Waals surface area contributed by atoms with Crippen LogP contribution in [0.2, 0.25) is 0 Å². The minimum Gasteiger partial charge on any atom is -0.462 e. The number of esters is 1. The molecule has 2 rings (SSSR count). The molecular weight excluding hydrogens is 140 g/mol. The summed E-state index contributed by atoms with van der Waals surface area (Å²) in [6.07, 6.45) is 2.52. The molecule has 2 nitrogen and oxygen atoms in total. The van der Waals surface area contributed by atoms with Crippen LogP contribution >= 0.6 is 0 Å². The smallest absolute Gasteiger partial charge is 0.306 e. The maximum absolute atomic E-state index is 11.0. The summed E-state index contributed by atoms with van der Waals surface area (Å²) in [5.41, 5.74) is 1.24. The predicted molar refractivity (Wildman–Crippen MR) is 41.0 cm³/mol. The second-order valence-electron chi connectivity index (χ2n) is 3.86. The predicted octanol–water partition coefficient (Wildman–Crippen LogP) is 1.66. The Hall–Kier alpha value is -0.790. The maximum Gasteiger partial charge on any atom is 0.306 e. The van der Waals surface area contributed by atoms with E-state index >= 15 is 0 Å². The summed E-state index contributed by atoms with van der Waals surface area (Å²) in [7, 11) is 0. The average Bonchev–Trinajstić information content (AvgIpc) is 2.02. The van der Waals surface area contributed by atoms with E-state index in [1.54, 1.807) is 0 Å². The zero-order valence-electron chi connectivity index (χ0n) is 6.72. The summed E-state index contributed by atoms with van der Waals surface area (Å²) in [4.78, 5) is 11.0. The van der Waals surface area contributed by atoms with Gasteiger partial charge < -0.3 is 4.74 Å². The molecule has 1 aliphatic heterocycles. The van der Waals surface area contributed by atoms with Crippen molar-refractivity contribution in [1.29, 1.82) is 0 Å². The van der Waals surface area contributed by atoms with Crippen LogP contribution < -0.4 is 0 Å². The Labute approximate surface area is 66.2 Å². The van der Waals surface area contributed by atoms with E-state index in [1.807, 2.05) is 0 Å². The molecule has 1 saturated heterocycles. The Morgan fingerprint density at radius 1 is 1.73 bits per heavy atom. The Morgan fingerprint density at radius 3 is 3.09 bits per heavy atom. The first kappa shape index (κ1) is 6.89. The van der Waals surface area contributed by atoms with E-state index in [4.69, 9.17) is 4.74 Å². The van der Waals surface area contributed by atoms with Crippen molar-refractivity contribution < 1.29 is 9.53 Å². The lowest BCUT2D eigenvalue weighted by atomic mass is 9.81. The highest BCUT2D eigenvalue weighted by molar-refractivity contribution is 5.73. The Balaban J connectivity index is 2.31. The van der Waals surface area contributed by atoms with Gasteiger partial charge in [0.25, 0.3) is 0 Å². The summed E-state index contributed by atoms with van der Waals surface area (Å²) in [6, 6.07) is 0. The number of ether oxygens (including phenoxy) is 1. The zero-order chi connectivity index (χ0) is 8.06. The summed E-state index contributed by atoms with van der Waals surface area (Å²) in [6.45, 7) is 6.08. The number of rotatable bonds is 0. The Kier molecular flexibility index (Phi) is 1.17. The van der Waals surface area contributed by atoms with Crippen LogP contribution in [0.5, 0.6) is 0 Å². The first-order chi connectivity index (χ1) is 5.10. The van der Waals surface area contributed by atoms with E-state index in [0.717, 1.165) is 12.8 Å². The van der Waals surface area contributed by atoms with E-state index in [1.165, 1.54) is 5.57 Å². The molecule has 2 atom stereocenters. The normalized spacial score (nSPS) is 42.5. The van der Waals surface area contributed by atoms with Gasteiger partial charge >= 0.3 is 5.97 Å². The van der Waals surface area contributed by atoms with Gasteiger partial charge in [0.1, 0.15) is 6.10 Å². The van der Waals surface area contributed by atoms with Crippen LogP contribution in [0, 0.1) is 5.41 Å². The van der Waals surface area contributed by atoms with Crippen LogP contribution in [0.15, 0.2) is 12.2 Å². The topological polar surface area (TPSA) is 26.3 Å². The third-order valence-electron chi connectivity index (χ3n) is 2.84. The number of carbonyl (C=O) groups excluding carboxylic acids is 1. The van der Waals surface area contributed by atoms with Crippen LogP contribution in [0.25, 0.3) is 0 Å². The molecule has 0 amide bonds. The van der Waals surface area contributed by atoms with Crippen LogP contribution in [0.3, 0.4) is 0 Å². The van der Waals surface area contributed by atoms with Gasteiger partial charge in [-0.2, -0.15) is 0 Å². The molecule has 1 saturated carbocycles. The molecule has 0 radical (unpaired) electrons. The highest BCUT2D eigenvalue weighted by Gasteiger charge is 2.45. The van der Waals surface area contributed by atoms with Crippen LogP contribution in [-0.4, -0.2) is 12.1 Å². The van der Waals surface area contributed by atoms with Crippen molar-refractivity contribution in [1.82, 2.24) is 0 Å². The largest absolute Gasteiger partial charge is 0.462 e. The molecule has 1 aliphatic carbocycles. The van der Waals surface area contributed by atoms with Crippen molar-refractivity contribution in [3.8, 4) is 0 Å². The number of hydrogen-bond donors (Lipinski definition) is 0. The molecule has 1 heterocycles. The van der Waals surface area contributed by atoms with E-state index in [9.17, 15) is 4.79 Å². The molecule has 11 heavy (non-hydrogen) atoms. The van der Waals surface area contributed by atoms with Gasteiger partial charge in [0.05, 0.1) is 6.42 Å². The summed E-state index contributed by atoms with van der Waals surface area (Å²) in [5, 5.41) is 0. The van der Waals surface area contributed by atoms with Gasteiger partial charge in [-0.25, -0.2) is 0 Å². The lowest BCUT2D eigenvalue weighted by molar-refractivity contribution is -0.155. The fourth-order valence-electron chi connectivity index (χ4n) is 2.07. The van der Waals surface area contributed by atoms with Gasteiger partial charge in [0.15, 0.2) is 0 Å². The van der Waals surface area contributed by atoms with Crippen molar-refractivity contribution in [2.75, 3.05) is 0 Å².